The second-order valence-electron chi connectivity index (χ2n) is 6.47. The van der Waals surface area contributed by atoms with Crippen LogP contribution in [0.3, 0.4) is 0 Å². The molecule has 5 heteroatoms. The second kappa shape index (κ2) is 6.38. The molecular formula is C17H21Cl2NO2. The van der Waals surface area contributed by atoms with Gasteiger partial charge in [0.2, 0.25) is 0 Å². The van der Waals surface area contributed by atoms with Crippen LogP contribution in [0.2, 0.25) is 10.0 Å². The van der Waals surface area contributed by atoms with Crippen molar-refractivity contribution in [1.82, 2.24) is 4.90 Å². The monoisotopic (exact) mass is 341 g/mol. The predicted octanol–water partition coefficient (Wildman–Crippen LogP) is 4.41. The van der Waals surface area contributed by atoms with Gasteiger partial charge in [0, 0.05) is 41.2 Å². The normalized spacial score (nSPS) is 28.3. The first-order valence-corrected chi connectivity index (χ1v) is 8.58. The third kappa shape index (κ3) is 2.99. The molecule has 1 heterocycles. The first-order valence-electron chi connectivity index (χ1n) is 7.82. The molecule has 3 rings (SSSR count). The summed E-state index contributed by atoms with van der Waals surface area (Å²) in [4.78, 5) is 14.8. The van der Waals surface area contributed by atoms with E-state index < -0.39 is 0 Å². The molecule has 2 fully saturated rings. The van der Waals surface area contributed by atoms with Gasteiger partial charge in [0.1, 0.15) is 0 Å². The summed E-state index contributed by atoms with van der Waals surface area (Å²) in [6, 6.07) is 5.04. The Morgan fingerprint density at radius 3 is 2.59 bits per heavy atom. The lowest BCUT2D eigenvalue weighted by molar-refractivity contribution is -0.0295. The highest BCUT2D eigenvalue weighted by molar-refractivity contribution is 6.35. The highest BCUT2D eigenvalue weighted by atomic mass is 35.5. The van der Waals surface area contributed by atoms with Gasteiger partial charge in [0.25, 0.3) is 5.91 Å². The van der Waals surface area contributed by atoms with E-state index in [9.17, 15) is 4.79 Å². The van der Waals surface area contributed by atoms with E-state index in [-0.39, 0.29) is 17.4 Å². The number of likely N-dealkylation sites (tertiary alicyclic amines) is 1. The number of halogens is 2. The minimum absolute atomic E-state index is 0.0187. The number of methoxy groups -OCH3 is 1. The zero-order valence-electron chi connectivity index (χ0n) is 12.8. The van der Waals surface area contributed by atoms with E-state index >= 15 is 0 Å². The molecule has 1 aromatic carbocycles. The minimum atomic E-state index is 0.0187. The molecule has 1 spiro atoms. The summed E-state index contributed by atoms with van der Waals surface area (Å²) >= 11 is 12.0. The van der Waals surface area contributed by atoms with Crippen LogP contribution in [0.15, 0.2) is 18.2 Å². The van der Waals surface area contributed by atoms with Crippen molar-refractivity contribution in [1.29, 1.82) is 0 Å². The summed E-state index contributed by atoms with van der Waals surface area (Å²) in [6.07, 6.45) is 5.87. The second-order valence-corrected chi connectivity index (χ2v) is 7.34. The number of hydrogen-bond acceptors (Lipinski definition) is 2. The van der Waals surface area contributed by atoms with E-state index in [4.69, 9.17) is 27.9 Å². The van der Waals surface area contributed by atoms with Gasteiger partial charge in [-0.25, -0.2) is 0 Å². The fourth-order valence-corrected chi connectivity index (χ4v) is 4.66. The summed E-state index contributed by atoms with van der Waals surface area (Å²) in [5.41, 5.74) is 0.701. The van der Waals surface area contributed by atoms with E-state index in [2.05, 4.69) is 0 Å². The molecular weight excluding hydrogens is 321 g/mol. The quantitative estimate of drug-likeness (QED) is 0.797. The van der Waals surface area contributed by atoms with Gasteiger partial charge in [-0.15, -0.1) is 0 Å². The van der Waals surface area contributed by atoms with Gasteiger partial charge < -0.3 is 9.64 Å². The Bertz CT molecular complexity index is 558. The SMILES string of the molecule is CO[C@@H]1CCC[C@@]12CCCN(C(=O)c1cc(Cl)cc(Cl)c1)C2. The van der Waals surface area contributed by atoms with E-state index in [1.165, 1.54) is 6.42 Å². The molecule has 3 nitrogen and oxygen atoms in total. The fraction of sp³-hybridized carbons (Fsp3) is 0.588. The van der Waals surface area contributed by atoms with Crippen LogP contribution in [0.4, 0.5) is 0 Å². The number of benzene rings is 1. The van der Waals surface area contributed by atoms with Crippen LogP contribution in [-0.4, -0.2) is 37.1 Å². The zero-order valence-corrected chi connectivity index (χ0v) is 14.3. The fourth-order valence-electron chi connectivity index (χ4n) is 4.13. The molecule has 2 aliphatic rings. The minimum Gasteiger partial charge on any atom is -0.381 e. The number of ether oxygens (including phenoxy) is 1. The Labute approximate surface area is 141 Å². The smallest absolute Gasteiger partial charge is 0.253 e. The Morgan fingerprint density at radius 1 is 1.23 bits per heavy atom. The molecule has 0 N–H and O–H groups in total. The van der Waals surface area contributed by atoms with Crippen LogP contribution in [0.1, 0.15) is 42.5 Å². The molecule has 0 radical (unpaired) electrons. The molecule has 0 bridgehead atoms. The highest BCUT2D eigenvalue weighted by Gasteiger charge is 2.46. The van der Waals surface area contributed by atoms with E-state index in [1.54, 1.807) is 25.3 Å². The molecule has 1 aliphatic carbocycles. The molecule has 1 saturated heterocycles. The molecule has 1 aliphatic heterocycles. The molecule has 2 atom stereocenters. The Morgan fingerprint density at radius 2 is 1.91 bits per heavy atom. The largest absolute Gasteiger partial charge is 0.381 e. The number of piperidine rings is 1. The lowest BCUT2D eigenvalue weighted by Gasteiger charge is -2.43. The van der Waals surface area contributed by atoms with Crippen molar-refractivity contribution < 1.29 is 9.53 Å². The van der Waals surface area contributed by atoms with Crippen LogP contribution in [0.25, 0.3) is 0 Å². The van der Waals surface area contributed by atoms with Gasteiger partial charge in [-0.1, -0.05) is 29.6 Å². The maximum atomic E-state index is 12.8. The Kier molecular flexibility index (Phi) is 4.67. The number of carbonyl (C=O) groups excluding carboxylic acids is 1. The lowest BCUT2D eigenvalue weighted by atomic mass is 9.76. The number of carbonyl (C=O) groups is 1. The van der Waals surface area contributed by atoms with Gasteiger partial charge in [-0.05, 0) is 43.9 Å². The van der Waals surface area contributed by atoms with Gasteiger partial charge in [-0.3, -0.25) is 4.79 Å². The molecule has 0 aromatic heterocycles. The Balaban J connectivity index is 1.81. The molecule has 1 amide bonds. The summed E-state index contributed by atoms with van der Waals surface area (Å²) in [5.74, 6) is 0.0187. The summed E-state index contributed by atoms with van der Waals surface area (Å²) < 4.78 is 5.70. The van der Waals surface area contributed by atoms with Crippen LogP contribution < -0.4 is 0 Å². The van der Waals surface area contributed by atoms with Crippen LogP contribution in [-0.2, 0) is 4.74 Å². The molecule has 120 valence electrons. The Hall–Kier alpha value is -0.770. The summed E-state index contributed by atoms with van der Waals surface area (Å²) in [6.45, 7) is 1.57. The van der Waals surface area contributed by atoms with Gasteiger partial charge >= 0.3 is 0 Å². The highest BCUT2D eigenvalue weighted by Crippen LogP contribution is 2.46. The van der Waals surface area contributed by atoms with Crippen molar-refractivity contribution in [3.8, 4) is 0 Å². The first kappa shape index (κ1) is 16.1. The average Bonchev–Trinajstić information content (AvgIpc) is 2.87. The molecule has 22 heavy (non-hydrogen) atoms. The van der Waals surface area contributed by atoms with Crippen LogP contribution >= 0.6 is 23.2 Å². The van der Waals surface area contributed by atoms with Gasteiger partial charge in [-0.2, -0.15) is 0 Å². The predicted molar refractivity (Wildman–Crippen MR) is 88.7 cm³/mol. The van der Waals surface area contributed by atoms with Crippen molar-refractivity contribution in [3.05, 3.63) is 33.8 Å². The standard InChI is InChI=1S/C17H21Cl2NO2/c1-22-15-4-2-5-17(15)6-3-7-20(11-17)16(21)12-8-13(18)10-14(19)9-12/h8-10,15H,2-7,11H2,1H3/t15-,17+/m1/s1. The maximum Gasteiger partial charge on any atom is 0.253 e. The molecule has 1 saturated carbocycles. The van der Waals surface area contributed by atoms with Crippen molar-refractivity contribution in [2.75, 3.05) is 20.2 Å². The van der Waals surface area contributed by atoms with Crippen LogP contribution in [0, 0.1) is 5.41 Å². The molecule has 0 unspecified atom stereocenters. The number of amides is 1. The average molecular weight is 342 g/mol. The molecule has 1 aromatic rings. The van der Waals surface area contributed by atoms with E-state index in [0.717, 1.165) is 38.8 Å². The summed E-state index contributed by atoms with van der Waals surface area (Å²) in [5, 5.41) is 0.997. The van der Waals surface area contributed by atoms with Gasteiger partial charge in [0.15, 0.2) is 0 Å². The van der Waals surface area contributed by atoms with Crippen molar-refractivity contribution in [2.24, 2.45) is 5.41 Å². The van der Waals surface area contributed by atoms with E-state index in [1.807, 2.05) is 4.90 Å². The van der Waals surface area contributed by atoms with Crippen molar-refractivity contribution >= 4 is 29.1 Å². The maximum absolute atomic E-state index is 12.8. The third-order valence-corrected chi connectivity index (χ3v) is 5.55. The number of rotatable bonds is 2. The van der Waals surface area contributed by atoms with E-state index in [0.29, 0.717) is 15.6 Å². The third-order valence-electron chi connectivity index (χ3n) is 5.11. The number of hydrogen-bond donors (Lipinski definition) is 0. The first-order chi connectivity index (χ1) is 10.5. The zero-order chi connectivity index (χ0) is 15.7. The lowest BCUT2D eigenvalue weighted by Crippen LogP contribution is -2.49. The number of nitrogens with zero attached hydrogens (tertiary/aromatic N) is 1. The van der Waals surface area contributed by atoms with Crippen molar-refractivity contribution in [3.63, 3.8) is 0 Å². The van der Waals surface area contributed by atoms with Gasteiger partial charge in [0.05, 0.1) is 6.10 Å². The van der Waals surface area contributed by atoms with Crippen molar-refractivity contribution in [2.45, 2.75) is 38.2 Å². The summed E-state index contributed by atoms with van der Waals surface area (Å²) in [7, 11) is 1.79. The topological polar surface area (TPSA) is 29.5 Å². The van der Waals surface area contributed by atoms with Crippen LogP contribution in [0.5, 0.6) is 0 Å².